The molecule has 0 saturated heterocycles. The molecule has 3 N–H and O–H groups in total. The number of halogens is 1. The number of aliphatic hydroxyl groups excluding tert-OH is 2. The van der Waals surface area contributed by atoms with Gasteiger partial charge in [0.05, 0.1) is 13.2 Å². The standard InChI is InChI=1S/C3H8ClO5P/c4-10(7,8)9-3(1-5)2-6/h3,5-6H,1-2H2,(H,7,8). The van der Waals surface area contributed by atoms with Gasteiger partial charge in [-0.3, -0.25) is 4.52 Å². The van der Waals surface area contributed by atoms with Gasteiger partial charge in [-0.1, -0.05) is 0 Å². The van der Waals surface area contributed by atoms with Gasteiger partial charge in [-0.15, -0.1) is 0 Å². The van der Waals surface area contributed by atoms with E-state index in [1.54, 1.807) is 0 Å². The second-order valence-corrected chi connectivity index (χ2v) is 3.94. The molecule has 0 aliphatic rings. The van der Waals surface area contributed by atoms with Crippen LogP contribution in [0.25, 0.3) is 0 Å². The van der Waals surface area contributed by atoms with Gasteiger partial charge in [-0.2, -0.15) is 0 Å². The van der Waals surface area contributed by atoms with Crippen LogP contribution in [0, 0.1) is 0 Å². The van der Waals surface area contributed by atoms with Crippen molar-refractivity contribution in [1.29, 1.82) is 0 Å². The molecule has 62 valence electrons. The zero-order chi connectivity index (χ0) is 8.20. The second-order valence-electron chi connectivity index (χ2n) is 1.54. The smallest absolute Gasteiger partial charge is 0.394 e. The van der Waals surface area contributed by atoms with Gasteiger partial charge in [0.25, 0.3) is 0 Å². The minimum absolute atomic E-state index is 0.548. The van der Waals surface area contributed by atoms with Gasteiger partial charge in [0.1, 0.15) is 6.10 Å². The van der Waals surface area contributed by atoms with Crippen LogP contribution < -0.4 is 0 Å². The van der Waals surface area contributed by atoms with E-state index in [2.05, 4.69) is 4.52 Å². The fraction of sp³-hybridized carbons (Fsp3) is 1.00. The Balaban J connectivity index is 3.75. The van der Waals surface area contributed by atoms with E-state index in [1.807, 2.05) is 0 Å². The first-order chi connectivity index (χ1) is 4.49. The SMILES string of the molecule is O=P(O)(Cl)OC(CO)CO. The molecule has 0 radical (unpaired) electrons. The molecule has 0 aromatic carbocycles. The summed E-state index contributed by atoms with van der Waals surface area (Å²) in [5.74, 6) is 0. The Hall–Kier alpha value is 0.360. The van der Waals surface area contributed by atoms with Gasteiger partial charge in [-0.25, -0.2) is 4.57 Å². The maximum Gasteiger partial charge on any atom is 0.422 e. The maximum atomic E-state index is 10.2. The lowest BCUT2D eigenvalue weighted by Gasteiger charge is -2.11. The first-order valence-electron chi connectivity index (χ1n) is 2.42. The fourth-order valence-corrected chi connectivity index (χ4v) is 1.15. The summed E-state index contributed by atoms with van der Waals surface area (Å²) in [5, 5.41) is 16.6. The molecule has 0 aliphatic carbocycles. The molecule has 0 aliphatic heterocycles. The molecule has 0 spiro atoms. The van der Waals surface area contributed by atoms with Crippen LogP contribution in [-0.4, -0.2) is 34.4 Å². The van der Waals surface area contributed by atoms with Crippen molar-refractivity contribution in [1.82, 2.24) is 0 Å². The van der Waals surface area contributed by atoms with Crippen molar-refractivity contribution in [2.24, 2.45) is 0 Å². The lowest BCUT2D eigenvalue weighted by atomic mass is 10.4. The summed E-state index contributed by atoms with van der Waals surface area (Å²) in [6.45, 7) is -5.20. The van der Waals surface area contributed by atoms with Crippen LogP contribution in [-0.2, 0) is 9.09 Å². The van der Waals surface area contributed by atoms with Crippen molar-refractivity contribution in [3.63, 3.8) is 0 Å². The van der Waals surface area contributed by atoms with E-state index in [0.717, 1.165) is 0 Å². The third-order valence-electron chi connectivity index (χ3n) is 0.686. The summed E-state index contributed by atoms with van der Waals surface area (Å²) in [4.78, 5) is 8.33. The molecule has 0 rings (SSSR count). The maximum absolute atomic E-state index is 10.2. The number of aliphatic hydroxyl groups is 2. The zero-order valence-electron chi connectivity index (χ0n) is 4.97. The van der Waals surface area contributed by atoms with Gasteiger partial charge >= 0.3 is 6.95 Å². The Morgan fingerprint density at radius 2 is 1.90 bits per heavy atom. The van der Waals surface area contributed by atoms with E-state index in [1.165, 1.54) is 0 Å². The molecule has 1 unspecified atom stereocenters. The largest absolute Gasteiger partial charge is 0.422 e. The molecule has 5 nitrogen and oxygen atoms in total. The minimum Gasteiger partial charge on any atom is -0.394 e. The van der Waals surface area contributed by atoms with Gasteiger partial charge < -0.3 is 15.1 Å². The molecule has 0 aromatic rings. The molecule has 7 heteroatoms. The van der Waals surface area contributed by atoms with Crippen LogP contribution in [0.1, 0.15) is 0 Å². The summed E-state index contributed by atoms with van der Waals surface area (Å²) in [7, 11) is 0. The molecular weight excluding hydrogens is 182 g/mol. The summed E-state index contributed by atoms with van der Waals surface area (Å²) in [6.07, 6.45) is -1.09. The van der Waals surface area contributed by atoms with E-state index < -0.39 is 26.3 Å². The van der Waals surface area contributed by atoms with Gasteiger partial charge in [-0.05, 0) is 0 Å². The Morgan fingerprint density at radius 3 is 2.00 bits per heavy atom. The zero-order valence-corrected chi connectivity index (χ0v) is 6.63. The van der Waals surface area contributed by atoms with E-state index in [9.17, 15) is 4.57 Å². The van der Waals surface area contributed by atoms with Crippen molar-refractivity contribution in [3.8, 4) is 0 Å². The molecule has 1 atom stereocenters. The van der Waals surface area contributed by atoms with Crippen LogP contribution in [0.2, 0.25) is 0 Å². The van der Waals surface area contributed by atoms with Crippen LogP contribution in [0.4, 0.5) is 0 Å². The highest BCUT2D eigenvalue weighted by Gasteiger charge is 2.20. The van der Waals surface area contributed by atoms with Crippen LogP contribution in [0.15, 0.2) is 0 Å². The average Bonchev–Trinajstić information content (AvgIpc) is 1.81. The number of rotatable bonds is 4. The highest BCUT2D eigenvalue weighted by Crippen LogP contribution is 2.48. The van der Waals surface area contributed by atoms with E-state index >= 15 is 0 Å². The fourth-order valence-electron chi connectivity index (χ4n) is 0.308. The summed E-state index contributed by atoms with van der Waals surface area (Å²) in [5.41, 5.74) is 0. The average molecular weight is 191 g/mol. The first-order valence-corrected chi connectivity index (χ1v) is 4.90. The molecule has 0 fully saturated rings. The molecule has 0 bridgehead atoms. The monoisotopic (exact) mass is 190 g/mol. The molecule has 0 aromatic heterocycles. The highest BCUT2D eigenvalue weighted by molar-refractivity contribution is 7.80. The summed E-state index contributed by atoms with van der Waals surface area (Å²) >= 11 is 4.75. The topological polar surface area (TPSA) is 87.0 Å². The van der Waals surface area contributed by atoms with Crippen molar-refractivity contribution in [3.05, 3.63) is 0 Å². The molecule has 10 heavy (non-hydrogen) atoms. The Bertz CT molecular complexity index is 129. The van der Waals surface area contributed by atoms with Crippen molar-refractivity contribution >= 4 is 18.2 Å². The van der Waals surface area contributed by atoms with E-state index in [-0.39, 0.29) is 0 Å². The van der Waals surface area contributed by atoms with E-state index in [4.69, 9.17) is 26.3 Å². The number of hydrogen-bond donors (Lipinski definition) is 3. The van der Waals surface area contributed by atoms with Crippen molar-refractivity contribution < 1.29 is 24.2 Å². The van der Waals surface area contributed by atoms with Gasteiger partial charge in [0.15, 0.2) is 0 Å². The van der Waals surface area contributed by atoms with Crippen LogP contribution >= 0.6 is 18.2 Å². The highest BCUT2D eigenvalue weighted by atomic mass is 35.7. The lowest BCUT2D eigenvalue weighted by molar-refractivity contribution is 0.0581. The van der Waals surface area contributed by atoms with Crippen LogP contribution in [0.3, 0.4) is 0 Å². The summed E-state index contributed by atoms with van der Waals surface area (Å²) < 4.78 is 14.3. The van der Waals surface area contributed by atoms with Crippen molar-refractivity contribution in [2.75, 3.05) is 13.2 Å². The predicted molar refractivity (Wildman–Crippen MR) is 34.7 cm³/mol. The van der Waals surface area contributed by atoms with Crippen LogP contribution in [0.5, 0.6) is 0 Å². The van der Waals surface area contributed by atoms with E-state index in [0.29, 0.717) is 0 Å². The Morgan fingerprint density at radius 1 is 1.50 bits per heavy atom. The normalized spacial score (nSPS) is 17.3. The minimum atomic E-state index is -4.10. The molecule has 0 amide bonds. The molecular formula is C3H8ClO5P. The first kappa shape index (κ1) is 10.4. The third kappa shape index (κ3) is 5.17. The van der Waals surface area contributed by atoms with Gasteiger partial charge in [0, 0.05) is 11.2 Å². The van der Waals surface area contributed by atoms with Crippen molar-refractivity contribution in [2.45, 2.75) is 6.10 Å². The number of hydrogen-bond acceptors (Lipinski definition) is 4. The lowest BCUT2D eigenvalue weighted by Crippen LogP contribution is -2.19. The third-order valence-corrected chi connectivity index (χ3v) is 1.48. The predicted octanol–water partition coefficient (Wildman–Crippen LogP) is -0.305. The summed E-state index contributed by atoms with van der Waals surface area (Å²) in [6, 6.07) is 0. The van der Waals surface area contributed by atoms with Gasteiger partial charge in [0.2, 0.25) is 0 Å². The second kappa shape index (κ2) is 4.28. The Kier molecular flexibility index (Phi) is 4.44. The molecule has 0 heterocycles. The Labute approximate surface area is 62.5 Å². The molecule has 0 saturated carbocycles. The quantitative estimate of drug-likeness (QED) is 0.530.